The molecule has 6 nitrogen and oxygen atoms in total. The summed E-state index contributed by atoms with van der Waals surface area (Å²) in [4.78, 5) is 14.9. The molecule has 7 heteroatoms. The first-order chi connectivity index (χ1) is 8.36. The molecule has 1 rings (SSSR count). The van der Waals surface area contributed by atoms with Crippen LogP contribution in [0.3, 0.4) is 0 Å². The maximum atomic E-state index is 11.8. The fourth-order valence-corrected chi connectivity index (χ4v) is 2.00. The molecule has 0 aliphatic heterocycles. The maximum absolute atomic E-state index is 11.8. The second kappa shape index (κ2) is 5.71. The van der Waals surface area contributed by atoms with Crippen LogP contribution in [-0.4, -0.2) is 25.7 Å². The van der Waals surface area contributed by atoms with Gasteiger partial charge in [0.25, 0.3) is 0 Å². The molecule has 0 unspecified atom stereocenters. The summed E-state index contributed by atoms with van der Waals surface area (Å²) >= 11 is 0. The molecule has 1 N–H and O–H groups in total. The number of hydrogen-bond donors (Lipinski definition) is 1. The summed E-state index contributed by atoms with van der Waals surface area (Å²) < 4.78 is 25.7. The molecular weight excluding hydrogens is 254 g/mol. The number of carbonyl (C=O) groups excluding carboxylic acids is 1. The van der Waals surface area contributed by atoms with Gasteiger partial charge in [0.2, 0.25) is 10.0 Å². The predicted octanol–water partition coefficient (Wildman–Crippen LogP) is 0.457. The zero-order chi connectivity index (χ0) is 13.8. The quantitative estimate of drug-likeness (QED) is 0.835. The lowest BCUT2D eigenvalue weighted by Gasteiger charge is -2.07. The van der Waals surface area contributed by atoms with Crippen LogP contribution in [0.25, 0.3) is 0 Å². The topological polar surface area (TPSA) is 99.9 Å². The molecule has 0 aromatic carbocycles. The van der Waals surface area contributed by atoms with E-state index in [-0.39, 0.29) is 28.8 Å². The zero-order valence-corrected chi connectivity index (χ0v) is 10.9. The van der Waals surface area contributed by atoms with Crippen LogP contribution in [0.5, 0.6) is 0 Å². The molecule has 1 heterocycles. The smallest absolute Gasteiger partial charge is 0.242 e. The number of carbonyl (C=O) groups is 1. The summed E-state index contributed by atoms with van der Waals surface area (Å²) in [7, 11) is -3.76. The van der Waals surface area contributed by atoms with Gasteiger partial charge >= 0.3 is 0 Å². The number of aromatic nitrogens is 1. The van der Waals surface area contributed by atoms with Gasteiger partial charge in [-0.3, -0.25) is 4.79 Å². The Morgan fingerprint density at radius 1 is 1.50 bits per heavy atom. The van der Waals surface area contributed by atoms with Crippen LogP contribution in [-0.2, 0) is 14.8 Å². The first-order valence-corrected chi connectivity index (χ1v) is 6.73. The molecule has 0 spiro atoms. The second-order valence-corrected chi connectivity index (χ2v) is 5.70. The van der Waals surface area contributed by atoms with Crippen LogP contribution in [0, 0.1) is 17.2 Å². The minimum Gasteiger partial charge on any atom is -0.298 e. The van der Waals surface area contributed by atoms with Crippen LogP contribution in [0.4, 0.5) is 0 Å². The first-order valence-electron chi connectivity index (χ1n) is 5.25. The lowest BCUT2D eigenvalue weighted by Crippen LogP contribution is -2.31. The molecule has 0 amide bonds. The number of nitriles is 1. The van der Waals surface area contributed by atoms with Gasteiger partial charge in [-0.2, -0.15) is 5.26 Å². The average Bonchev–Trinajstić information content (AvgIpc) is 2.36. The average molecular weight is 267 g/mol. The van der Waals surface area contributed by atoms with E-state index in [2.05, 4.69) is 9.71 Å². The number of ketones is 1. The van der Waals surface area contributed by atoms with Crippen LogP contribution in [0.15, 0.2) is 23.2 Å². The second-order valence-electron chi connectivity index (χ2n) is 3.94. The fraction of sp³-hybridized carbons (Fsp3) is 0.364. The van der Waals surface area contributed by atoms with Gasteiger partial charge < -0.3 is 0 Å². The van der Waals surface area contributed by atoms with Gasteiger partial charge in [-0.05, 0) is 12.1 Å². The summed E-state index contributed by atoms with van der Waals surface area (Å²) in [6.07, 6.45) is 1.08. The van der Waals surface area contributed by atoms with Crippen molar-refractivity contribution in [2.45, 2.75) is 18.7 Å². The number of nitrogens with one attached hydrogen (secondary N) is 1. The monoisotopic (exact) mass is 267 g/mol. The zero-order valence-electron chi connectivity index (χ0n) is 10.0. The van der Waals surface area contributed by atoms with Crippen LogP contribution < -0.4 is 4.72 Å². The van der Waals surface area contributed by atoms with Crippen LogP contribution >= 0.6 is 0 Å². The van der Waals surface area contributed by atoms with E-state index < -0.39 is 10.0 Å². The van der Waals surface area contributed by atoms with Crippen molar-refractivity contribution in [3.8, 4) is 6.07 Å². The Balaban J connectivity index is 2.81. The van der Waals surface area contributed by atoms with Crippen molar-refractivity contribution in [1.29, 1.82) is 5.26 Å². The first kappa shape index (κ1) is 14.3. The highest BCUT2D eigenvalue weighted by Crippen LogP contribution is 2.07. The van der Waals surface area contributed by atoms with Gasteiger partial charge in [0.15, 0.2) is 0 Å². The fourth-order valence-electron chi connectivity index (χ4n) is 1.06. The van der Waals surface area contributed by atoms with Crippen molar-refractivity contribution in [2.75, 3.05) is 6.54 Å². The van der Waals surface area contributed by atoms with Gasteiger partial charge in [0.1, 0.15) is 22.4 Å². The number of nitrogens with zero attached hydrogens (tertiary/aromatic N) is 2. The van der Waals surface area contributed by atoms with E-state index in [1.165, 1.54) is 12.1 Å². The van der Waals surface area contributed by atoms with E-state index in [1.807, 2.05) is 0 Å². The van der Waals surface area contributed by atoms with E-state index in [9.17, 15) is 13.2 Å². The Labute approximate surface area is 106 Å². The lowest BCUT2D eigenvalue weighted by molar-refractivity contribution is -0.120. The number of pyridine rings is 1. The van der Waals surface area contributed by atoms with E-state index in [4.69, 9.17) is 5.26 Å². The van der Waals surface area contributed by atoms with Crippen molar-refractivity contribution in [3.05, 3.63) is 24.0 Å². The van der Waals surface area contributed by atoms with Gasteiger partial charge in [-0.15, -0.1) is 0 Å². The third-order valence-corrected chi connectivity index (χ3v) is 3.63. The molecule has 1 aromatic heterocycles. The summed E-state index contributed by atoms with van der Waals surface area (Å²) in [6, 6.07) is 4.37. The Kier molecular flexibility index (Phi) is 4.53. The van der Waals surface area contributed by atoms with Crippen LogP contribution in [0.1, 0.15) is 19.5 Å². The van der Waals surface area contributed by atoms with E-state index in [0.29, 0.717) is 0 Å². The molecule has 0 saturated carbocycles. The largest absolute Gasteiger partial charge is 0.298 e. The Bertz CT molecular complexity index is 571. The van der Waals surface area contributed by atoms with Gasteiger partial charge in [0.05, 0.1) is 6.54 Å². The minimum absolute atomic E-state index is 0.0712. The number of rotatable bonds is 5. The van der Waals surface area contributed by atoms with Gasteiger partial charge in [-0.25, -0.2) is 18.1 Å². The van der Waals surface area contributed by atoms with Crippen molar-refractivity contribution in [2.24, 2.45) is 5.92 Å². The molecule has 18 heavy (non-hydrogen) atoms. The third-order valence-electron chi connectivity index (χ3n) is 2.24. The van der Waals surface area contributed by atoms with E-state index >= 15 is 0 Å². The predicted molar refractivity (Wildman–Crippen MR) is 64.0 cm³/mol. The van der Waals surface area contributed by atoms with Crippen molar-refractivity contribution in [1.82, 2.24) is 9.71 Å². The number of Topliss-reactive ketones (excluding diaryl/α,β-unsaturated/α-hetero) is 1. The highest BCUT2D eigenvalue weighted by molar-refractivity contribution is 7.89. The molecule has 0 saturated heterocycles. The molecule has 0 radical (unpaired) electrons. The van der Waals surface area contributed by atoms with Gasteiger partial charge in [0, 0.05) is 12.1 Å². The molecular formula is C11H13N3O3S. The summed E-state index contributed by atoms with van der Waals surface area (Å²) in [5, 5.41) is 8.55. The highest BCUT2D eigenvalue weighted by atomic mass is 32.2. The molecule has 0 aliphatic rings. The molecule has 96 valence electrons. The highest BCUT2D eigenvalue weighted by Gasteiger charge is 2.17. The summed E-state index contributed by atoms with van der Waals surface area (Å²) in [5.74, 6) is -0.424. The Morgan fingerprint density at radius 3 is 2.61 bits per heavy atom. The number of sulfonamides is 1. The summed E-state index contributed by atoms with van der Waals surface area (Å²) in [6.45, 7) is 3.14. The standard InChI is InChI=1S/C11H13N3O3S/c1-8(2)11(15)7-14-18(16,17)10-4-3-9(5-12)13-6-10/h3-4,6,8,14H,7H2,1-2H3. The molecule has 0 fully saturated rings. The van der Waals surface area contributed by atoms with Gasteiger partial charge in [-0.1, -0.05) is 13.8 Å². The van der Waals surface area contributed by atoms with Crippen molar-refractivity contribution >= 4 is 15.8 Å². The van der Waals surface area contributed by atoms with E-state index in [1.54, 1.807) is 19.9 Å². The Morgan fingerprint density at radius 2 is 2.17 bits per heavy atom. The van der Waals surface area contributed by atoms with Crippen molar-refractivity contribution < 1.29 is 13.2 Å². The molecule has 0 aliphatic carbocycles. The van der Waals surface area contributed by atoms with Crippen molar-refractivity contribution in [3.63, 3.8) is 0 Å². The molecule has 1 aromatic rings. The number of hydrogen-bond acceptors (Lipinski definition) is 5. The molecule has 0 atom stereocenters. The Hall–Kier alpha value is -1.78. The van der Waals surface area contributed by atoms with Crippen LogP contribution in [0.2, 0.25) is 0 Å². The normalized spacial score (nSPS) is 11.2. The SMILES string of the molecule is CC(C)C(=O)CNS(=O)(=O)c1ccc(C#N)nc1. The summed E-state index contributed by atoms with van der Waals surface area (Å²) in [5.41, 5.74) is 0.132. The third kappa shape index (κ3) is 3.61. The lowest BCUT2D eigenvalue weighted by atomic mass is 10.1. The van der Waals surface area contributed by atoms with E-state index in [0.717, 1.165) is 6.20 Å². The molecule has 0 bridgehead atoms. The maximum Gasteiger partial charge on any atom is 0.242 e. The minimum atomic E-state index is -3.76.